The summed E-state index contributed by atoms with van der Waals surface area (Å²) in [6.07, 6.45) is 1.01. The Kier molecular flexibility index (Phi) is 5.82. The lowest BCUT2D eigenvalue weighted by Gasteiger charge is -2.14. The molecule has 0 unspecified atom stereocenters. The smallest absolute Gasteiger partial charge is 0.239 e. The van der Waals surface area contributed by atoms with Crippen LogP contribution < -0.4 is 14.9 Å². The summed E-state index contributed by atoms with van der Waals surface area (Å²) in [7, 11) is 1.57. The molecule has 0 saturated heterocycles. The third-order valence-electron chi connectivity index (χ3n) is 4.63. The van der Waals surface area contributed by atoms with Gasteiger partial charge in [0, 0.05) is 17.2 Å². The van der Waals surface area contributed by atoms with Crippen LogP contribution in [0.25, 0.3) is 22.3 Å². The van der Waals surface area contributed by atoms with Crippen molar-refractivity contribution < 1.29 is 24.1 Å². The monoisotopic (exact) mass is 396 g/mol. The number of hydrogen-bond acceptors (Lipinski definition) is 6. The molecule has 0 amide bonds. The molecule has 2 N–H and O–H groups in total. The number of allylic oxidation sites excluding steroid dienone is 1. The SMILES string of the molecule is C=C(C)CCc1c(O)cc(O)c2c(=O)c(OCC)c(-c3ccc(OC)cc3)oc12. The molecule has 3 aromatic rings. The van der Waals surface area contributed by atoms with Crippen LogP contribution in [0.4, 0.5) is 0 Å². The van der Waals surface area contributed by atoms with Crippen LogP contribution in [0.15, 0.2) is 51.7 Å². The summed E-state index contributed by atoms with van der Waals surface area (Å²) in [5, 5.41) is 20.7. The molecule has 3 rings (SSSR count). The first-order valence-corrected chi connectivity index (χ1v) is 9.33. The van der Waals surface area contributed by atoms with E-state index in [-0.39, 0.29) is 40.6 Å². The normalized spacial score (nSPS) is 10.9. The van der Waals surface area contributed by atoms with Crippen molar-refractivity contribution in [3.63, 3.8) is 0 Å². The van der Waals surface area contributed by atoms with Crippen molar-refractivity contribution in [2.24, 2.45) is 0 Å². The van der Waals surface area contributed by atoms with Crippen molar-refractivity contribution in [2.75, 3.05) is 13.7 Å². The number of methoxy groups -OCH3 is 1. The fourth-order valence-corrected chi connectivity index (χ4v) is 3.16. The molecule has 1 aromatic heterocycles. The first kappa shape index (κ1) is 20.3. The van der Waals surface area contributed by atoms with E-state index in [1.165, 1.54) is 0 Å². The van der Waals surface area contributed by atoms with Gasteiger partial charge in [0.05, 0.1) is 13.7 Å². The van der Waals surface area contributed by atoms with Crippen LogP contribution in [-0.4, -0.2) is 23.9 Å². The maximum absolute atomic E-state index is 13.2. The van der Waals surface area contributed by atoms with Gasteiger partial charge in [-0.2, -0.15) is 0 Å². The molecule has 0 saturated carbocycles. The van der Waals surface area contributed by atoms with Crippen LogP contribution in [0, 0.1) is 0 Å². The van der Waals surface area contributed by atoms with Crippen LogP contribution in [0.2, 0.25) is 0 Å². The Bertz CT molecular complexity index is 1110. The molecule has 6 nitrogen and oxygen atoms in total. The third-order valence-corrected chi connectivity index (χ3v) is 4.63. The predicted molar refractivity (Wildman–Crippen MR) is 112 cm³/mol. The van der Waals surface area contributed by atoms with Crippen molar-refractivity contribution in [2.45, 2.75) is 26.7 Å². The number of phenolic OH excluding ortho intramolecular Hbond substituents is 2. The quantitative estimate of drug-likeness (QED) is 0.558. The van der Waals surface area contributed by atoms with Gasteiger partial charge in [0.15, 0.2) is 5.76 Å². The second kappa shape index (κ2) is 8.31. The van der Waals surface area contributed by atoms with Gasteiger partial charge in [-0.15, -0.1) is 6.58 Å². The third kappa shape index (κ3) is 3.92. The van der Waals surface area contributed by atoms with E-state index in [2.05, 4.69) is 6.58 Å². The van der Waals surface area contributed by atoms with Crippen LogP contribution in [0.3, 0.4) is 0 Å². The molecular weight excluding hydrogens is 372 g/mol. The highest BCUT2D eigenvalue weighted by molar-refractivity contribution is 5.91. The Morgan fingerprint density at radius 1 is 1.17 bits per heavy atom. The number of aromatic hydroxyl groups is 2. The molecule has 29 heavy (non-hydrogen) atoms. The van der Waals surface area contributed by atoms with Crippen molar-refractivity contribution >= 4 is 11.0 Å². The molecule has 0 spiro atoms. The zero-order valence-electron chi connectivity index (χ0n) is 16.7. The fourth-order valence-electron chi connectivity index (χ4n) is 3.16. The highest BCUT2D eigenvalue weighted by Gasteiger charge is 2.23. The number of hydrogen-bond donors (Lipinski definition) is 2. The van der Waals surface area contributed by atoms with Crippen LogP contribution in [0.5, 0.6) is 23.0 Å². The molecule has 6 heteroatoms. The first-order valence-electron chi connectivity index (χ1n) is 9.33. The van der Waals surface area contributed by atoms with E-state index in [1.807, 2.05) is 6.92 Å². The maximum atomic E-state index is 13.2. The number of rotatable bonds is 7. The topological polar surface area (TPSA) is 89.1 Å². The number of fused-ring (bicyclic) bond motifs is 1. The van der Waals surface area contributed by atoms with Crippen molar-refractivity contribution in [1.29, 1.82) is 0 Å². The van der Waals surface area contributed by atoms with E-state index in [0.717, 1.165) is 11.6 Å². The molecule has 0 aliphatic rings. The average molecular weight is 396 g/mol. The van der Waals surface area contributed by atoms with Gasteiger partial charge in [-0.05, 0) is 51.0 Å². The number of phenols is 2. The molecule has 0 fully saturated rings. The van der Waals surface area contributed by atoms with Gasteiger partial charge in [-0.1, -0.05) is 5.57 Å². The minimum absolute atomic E-state index is 0.0111. The number of aryl methyl sites for hydroxylation is 1. The van der Waals surface area contributed by atoms with Crippen molar-refractivity contribution in [3.05, 3.63) is 58.3 Å². The summed E-state index contributed by atoms with van der Waals surface area (Å²) in [4.78, 5) is 13.2. The van der Waals surface area contributed by atoms with Crippen LogP contribution >= 0.6 is 0 Å². The zero-order valence-corrected chi connectivity index (χ0v) is 16.7. The second-order valence-corrected chi connectivity index (χ2v) is 6.81. The van der Waals surface area contributed by atoms with E-state index in [0.29, 0.717) is 29.7 Å². The lowest BCUT2D eigenvalue weighted by Crippen LogP contribution is -2.11. The summed E-state index contributed by atoms with van der Waals surface area (Å²) in [6.45, 7) is 7.77. The molecule has 0 atom stereocenters. The molecule has 1 heterocycles. The minimum atomic E-state index is -0.493. The Hall–Kier alpha value is -3.41. The molecule has 0 bridgehead atoms. The summed E-state index contributed by atoms with van der Waals surface area (Å²) in [5.74, 6) is 0.412. The standard InChI is InChI=1S/C23H24O6/c1-5-28-23-20(26)19-18(25)12-17(24)16(11-6-13(2)3)22(19)29-21(23)14-7-9-15(27-4)10-8-14/h7-10,12,24-25H,2,5-6,11H2,1,3-4H3. The summed E-state index contributed by atoms with van der Waals surface area (Å²) >= 11 is 0. The lowest BCUT2D eigenvalue weighted by molar-refractivity contribution is 0.329. The van der Waals surface area contributed by atoms with Gasteiger partial charge in [-0.25, -0.2) is 0 Å². The number of ether oxygens (including phenoxy) is 2. The average Bonchev–Trinajstić information content (AvgIpc) is 2.69. The van der Waals surface area contributed by atoms with Crippen molar-refractivity contribution in [3.8, 4) is 34.3 Å². The van der Waals surface area contributed by atoms with Gasteiger partial charge < -0.3 is 24.1 Å². The molecule has 2 aromatic carbocycles. The van der Waals surface area contributed by atoms with Crippen molar-refractivity contribution in [1.82, 2.24) is 0 Å². The van der Waals surface area contributed by atoms with E-state index in [4.69, 9.17) is 13.9 Å². The van der Waals surface area contributed by atoms with Gasteiger partial charge in [0.2, 0.25) is 11.2 Å². The zero-order chi connectivity index (χ0) is 21.1. The molecule has 0 aliphatic carbocycles. The highest BCUT2D eigenvalue weighted by Crippen LogP contribution is 2.39. The van der Waals surface area contributed by atoms with Crippen LogP contribution in [0.1, 0.15) is 25.8 Å². The van der Waals surface area contributed by atoms with E-state index in [9.17, 15) is 15.0 Å². The summed E-state index contributed by atoms with van der Waals surface area (Å²) < 4.78 is 16.9. The molecule has 152 valence electrons. The first-order chi connectivity index (χ1) is 13.9. The fraction of sp³-hybridized carbons (Fsp3) is 0.261. The molecule has 0 aliphatic heterocycles. The van der Waals surface area contributed by atoms with E-state index in [1.54, 1.807) is 38.3 Å². The Morgan fingerprint density at radius 3 is 2.45 bits per heavy atom. The van der Waals surface area contributed by atoms with Gasteiger partial charge in [0.1, 0.15) is 28.2 Å². The second-order valence-electron chi connectivity index (χ2n) is 6.81. The van der Waals surface area contributed by atoms with E-state index >= 15 is 0 Å². The van der Waals surface area contributed by atoms with Gasteiger partial charge in [-0.3, -0.25) is 4.79 Å². The molecular formula is C23H24O6. The predicted octanol–water partition coefficient (Wildman–Crippen LogP) is 4.79. The lowest BCUT2D eigenvalue weighted by atomic mass is 10.0. The summed E-state index contributed by atoms with van der Waals surface area (Å²) in [5.41, 5.74) is 1.63. The molecule has 0 radical (unpaired) electrons. The summed E-state index contributed by atoms with van der Waals surface area (Å²) in [6, 6.07) is 8.16. The van der Waals surface area contributed by atoms with E-state index < -0.39 is 5.43 Å². The highest BCUT2D eigenvalue weighted by atomic mass is 16.5. The minimum Gasteiger partial charge on any atom is -0.507 e. The van der Waals surface area contributed by atoms with Gasteiger partial charge in [0.25, 0.3) is 0 Å². The Labute approximate surface area is 168 Å². The number of benzene rings is 2. The Balaban J connectivity index is 2.34. The Morgan fingerprint density at radius 2 is 1.86 bits per heavy atom. The van der Waals surface area contributed by atoms with Gasteiger partial charge >= 0.3 is 0 Å². The van der Waals surface area contributed by atoms with Crippen LogP contribution in [-0.2, 0) is 6.42 Å². The largest absolute Gasteiger partial charge is 0.507 e. The maximum Gasteiger partial charge on any atom is 0.239 e.